The van der Waals surface area contributed by atoms with Gasteiger partial charge in [-0.15, -0.1) is 0 Å². The van der Waals surface area contributed by atoms with Gasteiger partial charge in [-0.3, -0.25) is 0 Å². The largest absolute Gasteiger partial charge is 0.462 e. The Morgan fingerprint density at radius 1 is 0.583 bits per heavy atom. The number of hydrogen-bond donors (Lipinski definition) is 0. The second-order valence-electron chi connectivity index (χ2n) is 11.9. The molecule has 0 heterocycles. The molecule has 0 aliphatic carbocycles. The van der Waals surface area contributed by atoms with Crippen molar-refractivity contribution in [3.05, 3.63) is 12.2 Å². The molecule has 0 N–H and O–H groups in total. The van der Waals surface area contributed by atoms with Crippen molar-refractivity contribution in [1.29, 1.82) is 0 Å². The van der Waals surface area contributed by atoms with E-state index in [1.165, 1.54) is 154 Å². The fraction of sp³-hybridized carbons (Fsp3) is 0.912. The summed E-state index contributed by atoms with van der Waals surface area (Å²) in [6.45, 7) is 13.1. The van der Waals surface area contributed by atoms with Gasteiger partial charge in [0.1, 0.15) is 0 Å². The van der Waals surface area contributed by atoms with Crippen LogP contribution < -0.4 is 0 Å². The molecule has 0 spiro atoms. The van der Waals surface area contributed by atoms with Crippen LogP contribution in [0.4, 0.5) is 0 Å². The van der Waals surface area contributed by atoms with Gasteiger partial charge in [0.2, 0.25) is 0 Å². The molecular weight excluding hydrogens is 440 g/mol. The van der Waals surface area contributed by atoms with Crippen LogP contribution in [0.2, 0.25) is 0 Å². The molecule has 0 rings (SSSR count). The number of rotatable bonds is 28. The molecule has 2 nitrogen and oxygen atoms in total. The lowest BCUT2D eigenvalue weighted by molar-refractivity contribution is -0.140. The lowest BCUT2D eigenvalue weighted by Crippen LogP contribution is -2.15. The van der Waals surface area contributed by atoms with Crippen molar-refractivity contribution in [2.75, 3.05) is 6.61 Å². The van der Waals surface area contributed by atoms with E-state index in [9.17, 15) is 4.79 Å². The number of ether oxygens (including phenoxy) is 1. The van der Waals surface area contributed by atoms with Gasteiger partial charge in [0.05, 0.1) is 6.61 Å². The van der Waals surface area contributed by atoms with E-state index >= 15 is 0 Å². The molecule has 2 unspecified atom stereocenters. The van der Waals surface area contributed by atoms with E-state index in [0.717, 1.165) is 5.92 Å². The van der Waals surface area contributed by atoms with Crippen LogP contribution in [0, 0.1) is 11.8 Å². The van der Waals surface area contributed by atoms with Crippen LogP contribution in [0.25, 0.3) is 0 Å². The molecule has 0 saturated heterocycles. The monoisotopic (exact) mass is 507 g/mol. The number of unbranched alkanes of at least 4 members (excludes halogenated alkanes) is 17. The lowest BCUT2D eigenvalue weighted by Gasteiger charge is -2.17. The second-order valence-corrected chi connectivity index (χ2v) is 11.9. The Morgan fingerprint density at radius 2 is 0.917 bits per heavy atom. The van der Waals surface area contributed by atoms with Crippen molar-refractivity contribution in [3.8, 4) is 0 Å². The van der Waals surface area contributed by atoms with Gasteiger partial charge in [-0.05, 0) is 31.6 Å². The van der Waals surface area contributed by atoms with Crippen molar-refractivity contribution in [1.82, 2.24) is 0 Å². The standard InChI is InChI=1S/C34H66O2/c1-6-8-10-12-13-14-15-16-17-18-19-24-28-33(30-36-34(35)31(3)4)29-25-21-20-23-27-32(5)26-22-11-9-7-2/h32-33H,3,6-30H2,1-2,4-5H3. The third kappa shape index (κ3) is 24.9. The summed E-state index contributed by atoms with van der Waals surface area (Å²) in [5.74, 6) is 1.19. The van der Waals surface area contributed by atoms with E-state index in [1.54, 1.807) is 6.92 Å². The first-order chi connectivity index (χ1) is 17.5. The predicted molar refractivity (Wildman–Crippen MR) is 161 cm³/mol. The Labute approximate surface area is 227 Å². The van der Waals surface area contributed by atoms with Crippen molar-refractivity contribution >= 4 is 5.97 Å². The van der Waals surface area contributed by atoms with Crippen LogP contribution in [-0.2, 0) is 9.53 Å². The van der Waals surface area contributed by atoms with Gasteiger partial charge in [-0.1, -0.05) is 169 Å². The number of esters is 1. The molecule has 0 radical (unpaired) electrons. The maximum absolute atomic E-state index is 11.9. The van der Waals surface area contributed by atoms with E-state index < -0.39 is 0 Å². The summed E-state index contributed by atoms with van der Waals surface area (Å²) in [5.41, 5.74) is 0.517. The SMILES string of the molecule is C=C(C)C(=O)OCC(CCCCCCCCCCCCCC)CCCCCCC(C)CCCCCC. The van der Waals surface area contributed by atoms with Crippen LogP contribution in [0.15, 0.2) is 12.2 Å². The smallest absolute Gasteiger partial charge is 0.333 e. The zero-order chi connectivity index (χ0) is 26.7. The van der Waals surface area contributed by atoms with E-state index in [2.05, 4.69) is 27.4 Å². The average Bonchev–Trinajstić information content (AvgIpc) is 2.86. The minimum Gasteiger partial charge on any atom is -0.462 e. The van der Waals surface area contributed by atoms with Crippen molar-refractivity contribution in [2.24, 2.45) is 11.8 Å². The lowest BCUT2D eigenvalue weighted by atomic mass is 9.93. The minimum atomic E-state index is -0.220. The molecule has 2 heteroatoms. The number of hydrogen-bond acceptors (Lipinski definition) is 2. The van der Waals surface area contributed by atoms with Crippen LogP contribution in [-0.4, -0.2) is 12.6 Å². The summed E-state index contributed by atoms with van der Waals surface area (Å²) >= 11 is 0. The fourth-order valence-corrected chi connectivity index (χ4v) is 5.25. The van der Waals surface area contributed by atoms with Crippen LogP contribution in [0.5, 0.6) is 0 Å². The van der Waals surface area contributed by atoms with Crippen LogP contribution in [0.1, 0.15) is 182 Å². The molecule has 0 fully saturated rings. The molecule has 0 aromatic carbocycles. The first-order valence-electron chi connectivity index (χ1n) is 16.3. The number of carbonyl (C=O) groups excluding carboxylic acids is 1. The Balaban J connectivity index is 3.91. The fourth-order valence-electron chi connectivity index (χ4n) is 5.25. The molecule has 2 atom stereocenters. The quantitative estimate of drug-likeness (QED) is 0.0599. The topological polar surface area (TPSA) is 26.3 Å². The highest BCUT2D eigenvalue weighted by Crippen LogP contribution is 2.22. The molecule has 0 aromatic heterocycles. The highest BCUT2D eigenvalue weighted by atomic mass is 16.5. The zero-order valence-electron chi connectivity index (χ0n) is 25.4. The van der Waals surface area contributed by atoms with Crippen molar-refractivity contribution in [2.45, 2.75) is 182 Å². The van der Waals surface area contributed by atoms with E-state index in [4.69, 9.17) is 4.74 Å². The van der Waals surface area contributed by atoms with E-state index in [1.807, 2.05) is 0 Å². The van der Waals surface area contributed by atoms with Gasteiger partial charge in [-0.25, -0.2) is 4.79 Å². The molecule has 0 amide bonds. The van der Waals surface area contributed by atoms with Gasteiger partial charge < -0.3 is 4.74 Å². The Kier molecular flexibility index (Phi) is 26.7. The normalized spacial score (nSPS) is 13.0. The molecule has 36 heavy (non-hydrogen) atoms. The highest BCUT2D eigenvalue weighted by molar-refractivity contribution is 5.86. The van der Waals surface area contributed by atoms with Crippen LogP contribution >= 0.6 is 0 Å². The summed E-state index contributed by atoms with van der Waals surface area (Å²) in [4.78, 5) is 11.9. The van der Waals surface area contributed by atoms with Gasteiger partial charge in [-0.2, -0.15) is 0 Å². The van der Waals surface area contributed by atoms with E-state index in [0.29, 0.717) is 18.1 Å². The Hall–Kier alpha value is -0.790. The Bertz CT molecular complexity index is 484. The third-order valence-electron chi connectivity index (χ3n) is 7.87. The second kappa shape index (κ2) is 27.3. The first kappa shape index (κ1) is 35.2. The van der Waals surface area contributed by atoms with Gasteiger partial charge >= 0.3 is 5.97 Å². The van der Waals surface area contributed by atoms with Crippen molar-refractivity contribution in [3.63, 3.8) is 0 Å². The maximum atomic E-state index is 11.9. The first-order valence-corrected chi connectivity index (χ1v) is 16.3. The maximum Gasteiger partial charge on any atom is 0.333 e. The summed E-state index contributed by atoms with van der Waals surface area (Å²) in [6, 6.07) is 0. The zero-order valence-corrected chi connectivity index (χ0v) is 25.4. The van der Waals surface area contributed by atoms with Crippen molar-refractivity contribution < 1.29 is 9.53 Å². The predicted octanol–water partition coefficient (Wildman–Crippen LogP) is 11.8. The van der Waals surface area contributed by atoms with Gasteiger partial charge in [0.25, 0.3) is 0 Å². The summed E-state index contributed by atoms with van der Waals surface area (Å²) in [6.07, 6.45) is 32.8. The summed E-state index contributed by atoms with van der Waals surface area (Å²) in [7, 11) is 0. The molecular formula is C34H66O2. The van der Waals surface area contributed by atoms with Crippen LogP contribution in [0.3, 0.4) is 0 Å². The third-order valence-corrected chi connectivity index (χ3v) is 7.87. The number of carbonyl (C=O) groups is 1. The molecule has 0 aliphatic heterocycles. The van der Waals surface area contributed by atoms with E-state index in [-0.39, 0.29) is 5.97 Å². The van der Waals surface area contributed by atoms with Gasteiger partial charge in [0, 0.05) is 5.57 Å². The Morgan fingerprint density at radius 3 is 1.31 bits per heavy atom. The average molecular weight is 507 g/mol. The van der Waals surface area contributed by atoms with Gasteiger partial charge in [0.15, 0.2) is 0 Å². The molecule has 0 aliphatic rings. The molecule has 0 saturated carbocycles. The minimum absolute atomic E-state index is 0.220. The summed E-state index contributed by atoms with van der Waals surface area (Å²) < 4.78 is 5.55. The molecule has 0 aromatic rings. The highest BCUT2D eigenvalue weighted by Gasteiger charge is 2.13. The summed E-state index contributed by atoms with van der Waals surface area (Å²) in [5, 5.41) is 0. The molecule has 214 valence electrons. The molecule has 0 bridgehead atoms.